The van der Waals surface area contributed by atoms with Gasteiger partial charge in [0.25, 0.3) is 0 Å². The fourth-order valence-electron chi connectivity index (χ4n) is 2.40. The summed E-state index contributed by atoms with van der Waals surface area (Å²) in [6.07, 6.45) is 0.749. The molecular weight excluding hydrogens is 334 g/mol. The number of carbonyl (C=O) groups excluding carboxylic acids is 2. The van der Waals surface area contributed by atoms with Crippen LogP contribution in [0.5, 0.6) is 0 Å². The first kappa shape index (κ1) is 19.2. The predicted octanol–water partition coefficient (Wildman–Crippen LogP) is 5.06. The van der Waals surface area contributed by atoms with Crippen LogP contribution in [0.1, 0.15) is 60.8 Å². The molecule has 4 nitrogen and oxygen atoms in total. The van der Waals surface area contributed by atoms with Crippen LogP contribution in [0, 0.1) is 5.92 Å². The van der Waals surface area contributed by atoms with Gasteiger partial charge < -0.3 is 10.1 Å². The highest BCUT2D eigenvalue weighted by Crippen LogP contribution is 2.36. The molecule has 0 fully saturated rings. The molecule has 1 amide bonds. The van der Waals surface area contributed by atoms with Crippen LogP contribution in [0.2, 0.25) is 0 Å². The average molecular weight is 359 g/mol. The van der Waals surface area contributed by atoms with E-state index in [9.17, 15) is 9.59 Å². The number of thiophene rings is 1. The summed E-state index contributed by atoms with van der Waals surface area (Å²) in [5.41, 5.74) is 1.60. The SMILES string of the molecule is CCOC(=O)c1cc([C@H](C)c2ccccc2)sc1NC(=O)[C@@H](C)CC. The van der Waals surface area contributed by atoms with Gasteiger partial charge in [0.1, 0.15) is 5.00 Å². The average Bonchev–Trinajstić information content (AvgIpc) is 3.05. The molecule has 0 aliphatic heterocycles. The quantitative estimate of drug-likeness (QED) is 0.703. The van der Waals surface area contributed by atoms with Gasteiger partial charge in [-0.05, 0) is 25.0 Å². The topological polar surface area (TPSA) is 55.4 Å². The second kappa shape index (κ2) is 8.81. The van der Waals surface area contributed by atoms with Crippen molar-refractivity contribution in [1.82, 2.24) is 0 Å². The lowest BCUT2D eigenvalue weighted by Gasteiger charge is -2.10. The van der Waals surface area contributed by atoms with E-state index >= 15 is 0 Å². The van der Waals surface area contributed by atoms with Crippen LogP contribution in [0.3, 0.4) is 0 Å². The van der Waals surface area contributed by atoms with Gasteiger partial charge in [0.2, 0.25) is 5.91 Å². The summed E-state index contributed by atoms with van der Waals surface area (Å²) in [7, 11) is 0. The zero-order valence-corrected chi connectivity index (χ0v) is 16.0. The minimum absolute atomic E-state index is 0.0752. The molecule has 0 aliphatic carbocycles. The maximum Gasteiger partial charge on any atom is 0.341 e. The van der Waals surface area contributed by atoms with Gasteiger partial charge in [0, 0.05) is 16.7 Å². The number of ether oxygens (including phenoxy) is 1. The van der Waals surface area contributed by atoms with Crippen molar-refractivity contribution in [1.29, 1.82) is 0 Å². The second-order valence-electron chi connectivity index (χ2n) is 6.04. The Morgan fingerprint density at radius 3 is 2.44 bits per heavy atom. The lowest BCUT2D eigenvalue weighted by atomic mass is 9.99. The van der Waals surface area contributed by atoms with E-state index in [1.807, 2.05) is 38.1 Å². The molecule has 134 valence electrons. The smallest absolute Gasteiger partial charge is 0.341 e. The molecule has 0 radical (unpaired) electrons. The second-order valence-corrected chi connectivity index (χ2v) is 7.13. The lowest BCUT2D eigenvalue weighted by molar-refractivity contribution is -0.119. The standard InChI is InChI=1S/C20H25NO3S/c1-5-13(3)18(22)21-19-16(20(23)24-6-2)12-17(25-19)14(4)15-10-8-7-9-11-15/h7-14H,5-6H2,1-4H3,(H,21,22)/t13-,14+/m0/s1. The Kier molecular flexibility index (Phi) is 6.76. The molecule has 2 atom stereocenters. The molecule has 2 rings (SSSR count). The van der Waals surface area contributed by atoms with E-state index < -0.39 is 5.97 Å². The number of rotatable bonds is 7. The monoisotopic (exact) mass is 359 g/mol. The Balaban J connectivity index is 2.35. The van der Waals surface area contributed by atoms with Gasteiger partial charge in [0.05, 0.1) is 12.2 Å². The van der Waals surface area contributed by atoms with Crippen LogP contribution in [-0.2, 0) is 9.53 Å². The van der Waals surface area contributed by atoms with Crippen LogP contribution < -0.4 is 5.32 Å². The van der Waals surface area contributed by atoms with Crippen molar-refractivity contribution in [3.05, 3.63) is 52.4 Å². The van der Waals surface area contributed by atoms with Gasteiger partial charge in [0.15, 0.2) is 0 Å². The summed E-state index contributed by atoms with van der Waals surface area (Å²) >= 11 is 1.44. The number of esters is 1. The Labute approximate surface area is 153 Å². The van der Waals surface area contributed by atoms with E-state index in [0.29, 0.717) is 17.2 Å². The number of amides is 1. The van der Waals surface area contributed by atoms with Gasteiger partial charge in [-0.2, -0.15) is 0 Å². The number of nitrogens with one attached hydrogen (secondary N) is 1. The van der Waals surface area contributed by atoms with Crippen LogP contribution in [0.4, 0.5) is 5.00 Å². The zero-order chi connectivity index (χ0) is 18.4. The molecule has 5 heteroatoms. The maximum atomic E-state index is 12.3. The normalized spacial score (nSPS) is 13.1. The summed E-state index contributed by atoms with van der Waals surface area (Å²) in [6, 6.07) is 11.9. The molecule has 0 saturated heterocycles. The Morgan fingerprint density at radius 1 is 1.16 bits per heavy atom. The van der Waals surface area contributed by atoms with Crippen LogP contribution >= 0.6 is 11.3 Å². The highest BCUT2D eigenvalue weighted by atomic mass is 32.1. The van der Waals surface area contributed by atoms with Crippen LogP contribution in [0.15, 0.2) is 36.4 Å². The van der Waals surface area contributed by atoms with E-state index in [4.69, 9.17) is 4.74 Å². The maximum absolute atomic E-state index is 12.3. The van der Waals surface area contributed by atoms with Crippen molar-refractivity contribution in [3.63, 3.8) is 0 Å². The third kappa shape index (κ3) is 4.69. The summed E-state index contributed by atoms with van der Waals surface area (Å²) in [5, 5.41) is 3.48. The van der Waals surface area contributed by atoms with Crippen molar-refractivity contribution >= 4 is 28.2 Å². The first-order valence-corrected chi connectivity index (χ1v) is 9.46. The third-order valence-electron chi connectivity index (χ3n) is 4.27. The summed E-state index contributed by atoms with van der Waals surface area (Å²) in [5.74, 6) is -0.445. The molecule has 25 heavy (non-hydrogen) atoms. The van der Waals surface area contributed by atoms with Gasteiger partial charge in [-0.15, -0.1) is 11.3 Å². The van der Waals surface area contributed by atoms with Gasteiger partial charge in [-0.1, -0.05) is 51.1 Å². The minimum atomic E-state index is -0.398. The molecular formula is C20H25NO3S. The molecule has 0 spiro atoms. The molecule has 0 aliphatic rings. The van der Waals surface area contributed by atoms with Crippen molar-refractivity contribution in [3.8, 4) is 0 Å². The fourth-order valence-corrected chi connectivity index (χ4v) is 3.53. The van der Waals surface area contributed by atoms with Crippen molar-refractivity contribution in [2.45, 2.75) is 40.0 Å². The predicted molar refractivity (Wildman–Crippen MR) is 102 cm³/mol. The number of hydrogen-bond donors (Lipinski definition) is 1. The molecule has 0 saturated carbocycles. The molecule has 2 aromatic rings. The van der Waals surface area contributed by atoms with E-state index in [-0.39, 0.29) is 17.7 Å². The van der Waals surface area contributed by atoms with Crippen molar-refractivity contribution in [2.24, 2.45) is 5.92 Å². The van der Waals surface area contributed by atoms with E-state index in [2.05, 4.69) is 24.4 Å². The Hall–Kier alpha value is -2.14. The first-order valence-electron chi connectivity index (χ1n) is 8.64. The summed E-state index contributed by atoms with van der Waals surface area (Å²) in [6.45, 7) is 8.01. The molecule has 0 bridgehead atoms. The van der Waals surface area contributed by atoms with Gasteiger partial charge >= 0.3 is 5.97 Å². The van der Waals surface area contributed by atoms with Crippen molar-refractivity contribution < 1.29 is 14.3 Å². The number of benzene rings is 1. The van der Waals surface area contributed by atoms with E-state index in [0.717, 1.165) is 11.3 Å². The highest BCUT2D eigenvalue weighted by molar-refractivity contribution is 7.16. The number of hydrogen-bond acceptors (Lipinski definition) is 4. The lowest BCUT2D eigenvalue weighted by Crippen LogP contribution is -2.20. The van der Waals surface area contributed by atoms with Crippen molar-refractivity contribution in [2.75, 3.05) is 11.9 Å². The van der Waals surface area contributed by atoms with E-state index in [1.54, 1.807) is 6.92 Å². The molecule has 1 aromatic heterocycles. The third-order valence-corrected chi connectivity index (χ3v) is 5.50. The first-order chi connectivity index (χ1) is 12.0. The minimum Gasteiger partial charge on any atom is -0.462 e. The van der Waals surface area contributed by atoms with Gasteiger partial charge in [-0.3, -0.25) is 4.79 Å². The molecule has 1 N–H and O–H groups in total. The molecule has 1 heterocycles. The van der Waals surface area contributed by atoms with Crippen LogP contribution in [0.25, 0.3) is 0 Å². The largest absolute Gasteiger partial charge is 0.462 e. The number of anilines is 1. The number of carbonyl (C=O) groups is 2. The summed E-state index contributed by atoms with van der Waals surface area (Å²) < 4.78 is 5.15. The van der Waals surface area contributed by atoms with Crippen LogP contribution in [-0.4, -0.2) is 18.5 Å². The van der Waals surface area contributed by atoms with E-state index in [1.165, 1.54) is 16.9 Å². The highest BCUT2D eigenvalue weighted by Gasteiger charge is 2.23. The summed E-state index contributed by atoms with van der Waals surface area (Å²) in [4.78, 5) is 25.6. The molecule has 0 unspecified atom stereocenters. The molecule has 1 aromatic carbocycles. The Bertz CT molecular complexity index is 724. The Morgan fingerprint density at radius 2 is 1.84 bits per heavy atom. The van der Waals surface area contributed by atoms with Gasteiger partial charge in [-0.25, -0.2) is 4.79 Å². The zero-order valence-electron chi connectivity index (χ0n) is 15.2. The fraction of sp³-hybridized carbons (Fsp3) is 0.400.